The lowest BCUT2D eigenvalue weighted by molar-refractivity contribution is 0.660. The number of allylic oxidation sites excluding steroid dienone is 5. The Morgan fingerprint density at radius 3 is 2.50 bits per heavy atom. The maximum Gasteiger partial charge on any atom is 0.0991 e. The van der Waals surface area contributed by atoms with Crippen molar-refractivity contribution in [3.8, 4) is 11.8 Å². The second kappa shape index (κ2) is 7.55. The summed E-state index contributed by atoms with van der Waals surface area (Å²) in [6, 6.07) is 19.5. The van der Waals surface area contributed by atoms with Gasteiger partial charge in [-0.3, -0.25) is 0 Å². The molecule has 0 aliphatic carbocycles. The third kappa shape index (κ3) is 3.26. The van der Waals surface area contributed by atoms with Crippen LogP contribution in [-0.4, -0.2) is 14.7 Å². The molecule has 0 N–H and O–H groups in total. The Balaban J connectivity index is 1.53. The van der Waals surface area contributed by atoms with Gasteiger partial charge in [0.2, 0.25) is 0 Å². The van der Waals surface area contributed by atoms with Crippen molar-refractivity contribution in [2.45, 2.75) is 6.42 Å². The van der Waals surface area contributed by atoms with Crippen molar-refractivity contribution in [2.24, 2.45) is 0 Å². The zero-order valence-electron chi connectivity index (χ0n) is 16.0. The minimum Gasteiger partial charge on any atom is -0.317 e. The summed E-state index contributed by atoms with van der Waals surface area (Å²) < 4.78 is 1.91. The summed E-state index contributed by atoms with van der Waals surface area (Å²) in [6.07, 6.45) is 13.5. The normalized spacial score (nSPS) is 15.1. The summed E-state index contributed by atoms with van der Waals surface area (Å²) in [5.41, 5.74) is 6.99. The largest absolute Gasteiger partial charge is 0.317 e. The molecule has 144 valence electrons. The summed E-state index contributed by atoms with van der Waals surface area (Å²) in [7, 11) is 0. The molecule has 3 heterocycles. The molecule has 5 rings (SSSR count). The highest BCUT2D eigenvalue weighted by atomic mass is 35.5. The van der Waals surface area contributed by atoms with Crippen LogP contribution in [0.2, 0.25) is 5.02 Å². The highest BCUT2D eigenvalue weighted by molar-refractivity contribution is 6.30. The van der Waals surface area contributed by atoms with E-state index in [1.165, 1.54) is 0 Å². The Bertz CT molecular complexity index is 1270. The van der Waals surface area contributed by atoms with Crippen molar-refractivity contribution >= 4 is 22.9 Å². The molecule has 4 nitrogen and oxygen atoms in total. The summed E-state index contributed by atoms with van der Waals surface area (Å²) in [5.74, 6) is 0. The number of nitrogens with zero attached hydrogens (tertiary/aromatic N) is 4. The first-order chi connectivity index (χ1) is 14.7. The van der Waals surface area contributed by atoms with Gasteiger partial charge in [0.05, 0.1) is 29.2 Å². The molecule has 2 aromatic carbocycles. The van der Waals surface area contributed by atoms with Crippen LogP contribution in [0.15, 0.2) is 97.0 Å². The number of nitriles is 1. The van der Waals surface area contributed by atoms with Crippen LogP contribution in [0.4, 0.5) is 0 Å². The molecule has 0 atom stereocenters. The molecule has 0 saturated heterocycles. The van der Waals surface area contributed by atoms with E-state index >= 15 is 0 Å². The maximum atomic E-state index is 9.08. The van der Waals surface area contributed by atoms with Crippen molar-refractivity contribution in [1.82, 2.24) is 14.7 Å². The molecule has 5 heteroatoms. The highest BCUT2D eigenvalue weighted by Crippen LogP contribution is 2.35. The van der Waals surface area contributed by atoms with E-state index < -0.39 is 0 Å². The Hall–Kier alpha value is -3.81. The van der Waals surface area contributed by atoms with Crippen LogP contribution < -0.4 is 0 Å². The first kappa shape index (κ1) is 18.2. The number of hydrogen-bond acceptors (Lipinski definition) is 3. The minimum absolute atomic E-state index is 0.660. The molecule has 30 heavy (non-hydrogen) atoms. The van der Waals surface area contributed by atoms with Gasteiger partial charge in [-0.05, 0) is 66.6 Å². The summed E-state index contributed by atoms with van der Waals surface area (Å²) in [5, 5.41) is 14.3. The van der Waals surface area contributed by atoms with E-state index in [9.17, 15) is 0 Å². The van der Waals surface area contributed by atoms with Gasteiger partial charge in [0.25, 0.3) is 0 Å². The summed E-state index contributed by atoms with van der Waals surface area (Å²) in [4.78, 5) is 2.19. The van der Waals surface area contributed by atoms with Gasteiger partial charge >= 0.3 is 0 Å². The Morgan fingerprint density at radius 2 is 1.73 bits per heavy atom. The fourth-order valence-corrected chi connectivity index (χ4v) is 3.84. The summed E-state index contributed by atoms with van der Waals surface area (Å²) >= 11 is 6.04. The fourth-order valence-electron chi connectivity index (χ4n) is 3.71. The van der Waals surface area contributed by atoms with E-state index in [4.69, 9.17) is 16.9 Å². The zero-order chi connectivity index (χ0) is 20.5. The van der Waals surface area contributed by atoms with Crippen molar-refractivity contribution in [3.05, 3.63) is 119 Å². The average Bonchev–Trinajstić information content (AvgIpc) is 3.29. The van der Waals surface area contributed by atoms with Gasteiger partial charge in [-0.1, -0.05) is 35.9 Å². The zero-order valence-corrected chi connectivity index (χ0v) is 16.8. The van der Waals surface area contributed by atoms with Gasteiger partial charge in [0.15, 0.2) is 0 Å². The van der Waals surface area contributed by atoms with Crippen LogP contribution in [0.3, 0.4) is 0 Å². The number of rotatable bonds is 3. The van der Waals surface area contributed by atoms with Crippen LogP contribution in [0.1, 0.15) is 23.2 Å². The SMILES string of the molecule is N#Cc1ccc(C2=CCC=C3C=CC(c4ccnn4-c4ccc(Cl)cc4)=CN32)cc1. The molecule has 1 aromatic heterocycles. The van der Waals surface area contributed by atoms with E-state index in [0.29, 0.717) is 10.6 Å². The van der Waals surface area contributed by atoms with Crippen molar-refractivity contribution in [1.29, 1.82) is 5.26 Å². The van der Waals surface area contributed by atoms with Crippen molar-refractivity contribution < 1.29 is 0 Å². The van der Waals surface area contributed by atoms with Crippen LogP contribution >= 0.6 is 11.6 Å². The van der Waals surface area contributed by atoms with E-state index in [-0.39, 0.29) is 0 Å². The molecular weight excluding hydrogens is 392 g/mol. The molecule has 0 saturated carbocycles. The molecule has 0 bridgehead atoms. The predicted molar refractivity (Wildman–Crippen MR) is 119 cm³/mol. The lowest BCUT2D eigenvalue weighted by Gasteiger charge is -2.31. The van der Waals surface area contributed by atoms with E-state index in [1.54, 1.807) is 6.20 Å². The monoisotopic (exact) mass is 408 g/mol. The second-order valence-corrected chi connectivity index (χ2v) is 7.47. The van der Waals surface area contributed by atoms with Crippen LogP contribution in [0.25, 0.3) is 17.0 Å². The molecule has 0 radical (unpaired) electrons. The predicted octanol–water partition coefficient (Wildman–Crippen LogP) is 5.94. The van der Waals surface area contributed by atoms with Gasteiger partial charge in [-0.2, -0.15) is 10.4 Å². The van der Waals surface area contributed by atoms with Gasteiger partial charge in [-0.25, -0.2) is 4.68 Å². The Labute approximate surface area is 179 Å². The molecule has 3 aromatic rings. The third-order valence-electron chi connectivity index (χ3n) is 5.20. The van der Waals surface area contributed by atoms with Gasteiger partial charge in [0.1, 0.15) is 0 Å². The average molecular weight is 409 g/mol. The molecule has 2 aliphatic heterocycles. The van der Waals surface area contributed by atoms with Gasteiger partial charge in [-0.15, -0.1) is 0 Å². The van der Waals surface area contributed by atoms with E-state index in [1.807, 2.05) is 59.3 Å². The van der Waals surface area contributed by atoms with E-state index in [2.05, 4.69) is 46.6 Å². The lowest BCUT2D eigenvalue weighted by atomic mass is 10.0. The molecule has 0 fully saturated rings. The van der Waals surface area contributed by atoms with Crippen molar-refractivity contribution in [3.63, 3.8) is 0 Å². The van der Waals surface area contributed by atoms with Gasteiger partial charge < -0.3 is 4.90 Å². The topological polar surface area (TPSA) is 44.9 Å². The van der Waals surface area contributed by atoms with Crippen LogP contribution in [0, 0.1) is 11.3 Å². The fraction of sp³-hybridized carbons (Fsp3) is 0.0400. The molecule has 2 aliphatic rings. The first-order valence-electron chi connectivity index (χ1n) is 9.63. The van der Waals surface area contributed by atoms with Crippen LogP contribution in [0.5, 0.6) is 0 Å². The maximum absolute atomic E-state index is 9.08. The number of aromatic nitrogens is 2. The number of hydrogen-bond donors (Lipinski definition) is 0. The minimum atomic E-state index is 0.660. The Kier molecular flexibility index (Phi) is 4.59. The lowest BCUT2D eigenvalue weighted by Crippen LogP contribution is -2.19. The molecule has 0 unspecified atom stereocenters. The van der Waals surface area contributed by atoms with E-state index in [0.717, 1.165) is 40.3 Å². The molecular formula is C25H17ClN4. The van der Waals surface area contributed by atoms with Gasteiger partial charge in [0, 0.05) is 28.2 Å². The van der Waals surface area contributed by atoms with Crippen LogP contribution in [-0.2, 0) is 0 Å². The number of halogens is 1. The number of fused-ring (bicyclic) bond motifs is 1. The van der Waals surface area contributed by atoms with Crippen molar-refractivity contribution in [2.75, 3.05) is 0 Å². The highest BCUT2D eigenvalue weighted by Gasteiger charge is 2.21. The Morgan fingerprint density at radius 1 is 0.933 bits per heavy atom. The smallest absolute Gasteiger partial charge is 0.0991 e. The number of benzene rings is 2. The summed E-state index contributed by atoms with van der Waals surface area (Å²) in [6.45, 7) is 0. The molecule has 0 amide bonds. The quantitative estimate of drug-likeness (QED) is 0.538. The molecule has 0 spiro atoms. The second-order valence-electron chi connectivity index (χ2n) is 7.04. The first-order valence-corrected chi connectivity index (χ1v) is 10.0. The standard InChI is InChI=1S/C25H17ClN4/c26-21-9-12-23(13-10-21)30-25(14-15-28-30)20-8-11-22-2-1-3-24(29(22)17-20)19-6-4-18(16-27)5-7-19/h2-15,17H,1H2. The third-order valence-corrected chi connectivity index (χ3v) is 5.45.